The molecule has 1 rings (SSSR count). The van der Waals surface area contributed by atoms with Crippen molar-refractivity contribution >= 4 is 5.97 Å². The molecule has 0 aromatic heterocycles. The maximum atomic E-state index is 12.9. The van der Waals surface area contributed by atoms with Crippen LogP contribution in [0.15, 0.2) is 18.2 Å². The smallest absolute Gasteiger partial charge is 0.336 e. The van der Waals surface area contributed by atoms with E-state index in [9.17, 15) is 9.18 Å². The second kappa shape index (κ2) is 8.58. The van der Waals surface area contributed by atoms with Crippen LogP contribution >= 0.6 is 0 Å². The van der Waals surface area contributed by atoms with Gasteiger partial charge in [0.2, 0.25) is 0 Å². The van der Waals surface area contributed by atoms with Gasteiger partial charge in [-0.2, -0.15) is 0 Å². The SMILES string of the molecule is COCCOCCOCc1ccc(F)cc1C(=O)O. The number of aromatic carboxylic acids is 1. The van der Waals surface area contributed by atoms with Crippen molar-refractivity contribution in [3.05, 3.63) is 35.1 Å². The van der Waals surface area contributed by atoms with Crippen LogP contribution in [-0.2, 0) is 20.8 Å². The number of carboxylic acids is 1. The lowest BCUT2D eigenvalue weighted by Crippen LogP contribution is -2.10. The zero-order valence-electron chi connectivity index (χ0n) is 10.7. The molecular formula is C13H17FO5. The van der Waals surface area contributed by atoms with Gasteiger partial charge in [0.1, 0.15) is 5.82 Å². The molecule has 0 fully saturated rings. The third-order valence-corrected chi connectivity index (χ3v) is 2.36. The molecule has 0 bridgehead atoms. The van der Waals surface area contributed by atoms with Crippen LogP contribution in [0.5, 0.6) is 0 Å². The minimum Gasteiger partial charge on any atom is -0.478 e. The summed E-state index contributed by atoms with van der Waals surface area (Å²) in [6, 6.07) is 3.60. The second-order valence-electron chi connectivity index (χ2n) is 3.76. The van der Waals surface area contributed by atoms with E-state index in [1.807, 2.05) is 0 Å². The van der Waals surface area contributed by atoms with E-state index in [-0.39, 0.29) is 12.2 Å². The lowest BCUT2D eigenvalue weighted by molar-refractivity contribution is 0.0196. The molecule has 6 heteroatoms. The Balaban J connectivity index is 2.35. The molecule has 106 valence electrons. The maximum absolute atomic E-state index is 12.9. The first-order valence-corrected chi connectivity index (χ1v) is 5.81. The number of ether oxygens (including phenoxy) is 3. The van der Waals surface area contributed by atoms with Gasteiger partial charge in [0.15, 0.2) is 0 Å². The van der Waals surface area contributed by atoms with E-state index in [0.717, 1.165) is 6.07 Å². The number of hydrogen-bond acceptors (Lipinski definition) is 4. The Kier molecular flexibility index (Phi) is 7.02. The monoisotopic (exact) mass is 272 g/mol. The summed E-state index contributed by atoms with van der Waals surface area (Å²) in [5.41, 5.74) is 0.353. The number of methoxy groups -OCH3 is 1. The molecule has 0 saturated heterocycles. The number of benzene rings is 1. The molecule has 0 spiro atoms. The van der Waals surface area contributed by atoms with Crippen molar-refractivity contribution in [2.24, 2.45) is 0 Å². The molecule has 0 aliphatic heterocycles. The van der Waals surface area contributed by atoms with Gasteiger partial charge in [0, 0.05) is 7.11 Å². The lowest BCUT2D eigenvalue weighted by Gasteiger charge is -2.08. The van der Waals surface area contributed by atoms with Gasteiger partial charge in [-0.3, -0.25) is 0 Å². The Labute approximate surface area is 110 Å². The molecule has 0 radical (unpaired) electrons. The molecule has 1 aromatic rings. The Bertz CT molecular complexity index is 408. The largest absolute Gasteiger partial charge is 0.478 e. The van der Waals surface area contributed by atoms with Crippen molar-refractivity contribution in [1.82, 2.24) is 0 Å². The van der Waals surface area contributed by atoms with Gasteiger partial charge in [-0.25, -0.2) is 9.18 Å². The molecular weight excluding hydrogens is 255 g/mol. The predicted molar refractivity (Wildman–Crippen MR) is 65.7 cm³/mol. The first-order valence-electron chi connectivity index (χ1n) is 5.81. The highest BCUT2D eigenvalue weighted by molar-refractivity contribution is 5.89. The molecule has 0 atom stereocenters. The van der Waals surface area contributed by atoms with E-state index in [1.54, 1.807) is 7.11 Å². The quantitative estimate of drug-likeness (QED) is 0.693. The number of rotatable bonds is 9. The molecule has 0 unspecified atom stereocenters. The van der Waals surface area contributed by atoms with E-state index in [0.29, 0.717) is 32.0 Å². The van der Waals surface area contributed by atoms with Crippen LogP contribution in [0.4, 0.5) is 4.39 Å². The second-order valence-corrected chi connectivity index (χ2v) is 3.76. The highest BCUT2D eigenvalue weighted by atomic mass is 19.1. The van der Waals surface area contributed by atoms with Gasteiger partial charge in [0.25, 0.3) is 0 Å². The molecule has 0 heterocycles. The summed E-state index contributed by atoms with van der Waals surface area (Å²) >= 11 is 0. The molecule has 5 nitrogen and oxygen atoms in total. The van der Waals surface area contributed by atoms with Crippen molar-refractivity contribution in [3.8, 4) is 0 Å². The summed E-state index contributed by atoms with van der Waals surface area (Å²) in [5.74, 6) is -1.75. The molecule has 0 amide bonds. The van der Waals surface area contributed by atoms with Gasteiger partial charge in [-0.05, 0) is 17.7 Å². The maximum Gasteiger partial charge on any atom is 0.336 e. The van der Waals surface area contributed by atoms with Crippen LogP contribution in [0.1, 0.15) is 15.9 Å². The van der Waals surface area contributed by atoms with Gasteiger partial charge in [-0.15, -0.1) is 0 Å². The standard InChI is InChI=1S/C13H17FO5/c1-17-4-5-18-6-7-19-9-10-2-3-11(14)8-12(10)13(15)16/h2-3,8H,4-7,9H2,1H3,(H,15,16). The fraction of sp³-hybridized carbons (Fsp3) is 0.462. The topological polar surface area (TPSA) is 65.0 Å². The first kappa shape index (κ1) is 15.6. The van der Waals surface area contributed by atoms with Crippen molar-refractivity contribution in [2.75, 3.05) is 33.5 Å². The van der Waals surface area contributed by atoms with Crippen molar-refractivity contribution in [2.45, 2.75) is 6.61 Å². The Morgan fingerprint density at radius 2 is 1.89 bits per heavy atom. The van der Waals surface area contributed by atoms with E-state index >= 15 is 0 Å². The van der Waals surface area contributed by atoms with Crippen molar-refractivity contribution in [3.63, 3.8) is 0 Å². The summed E-state index contributed by atoms with van der Waals surface area (Å²) < 4.78 is 28.2. The Morgan fingerprint density at radius 1 is 1.21 bits per heavy atom. The zero-order valence-corrected chi connectivity index (χ0v) is 10.7. The lowest BCUT2D eigenvalue weighted by atomic mass is 10.1. The predicted octanol–water partition coefficient (Wildman–Crippen LogP) is 1.70. The number of halogens is 1. The highest BCUT2D eigenvalue weighted by Crippen LogP contribution is 2.12. The van der Waals surface area contributed by atoms with Crippen molar-refractivity contribution < 1.29 is 28.5 Å². The zero-order chi connectivity index (χ0) is 14.1. The number of carbonyl (C=O) groups is 1. The fourth-order valence-electron chi connectivity index (χ4n) is 1.42. The van der Waals surface area contributed by atoms with Gasteiger partial charge in [0.05, 0.1) is 38.6 Å². The molecule has 0 aliphatic carbocycles. The van der Waals surface area contributed by atoms with E-state index in [2.05, 4.69) is 0 Å². The van der Waals surface area contributed by atoms with Gasteiger partial charge in [-0.1, -0.05) is 6.07 Å². The Morgan fingerprint density at radius 3 is 2.58 bits per heavy atom. The molecule has 19 heavy (non-hydrogen) atoms. The van der Waals surface area contributed by atoms with Crippen LogP contribution in [0.2, 0.25) is 0 Å². The van der Waals surface area contributed by atoms with Gasteiger partial charge >= 0.3 is 5.97 Å². The summed E-state index contributed by atoms with van der Waals surface area (Å²) in [6.45, 7) is 1.83. The van der Waals surface area contributed by atoms with Crippen LogP contribution in [0, 0.1) is 5.82 Å². The van der Waals surface area contributed by atoms with E-state index in [4.69, 9.17) is 19.3 Å². The minimum absolute atomic E-state index is 0.0831. The average Bonchev–Trinajstić information content (AvgIpc) is 2.39. The highest BCUT2D eigenvalue weighted by Gasteiger charge is 2.11. The van der Waals surface area contributed by atoms with Crippen molar-refractivity contribution in [1.29, 1.82) is 0 Å². The normalized spacial score (nSPS) is 10.6. The first-order chi connectivity index (χ1) is 9.15. The fourth-order valence-corrected chi connectivity index (χ4v) is 1.42. The Hall–Kier alpha value is -1.50. The van der Waals surface area contributed by atoms with Gasteiger partial charge < -0.3 is 19.3 Å². The summed E-state index contributed by atoms with van der Waals surface area (Å²) in [5, 5.41) is 8.93. The van der Waals surface area contributed by atoms with Crippen LogP contribution < -0.4 is 0 Å². The third-order valence-electron chi connectivity index (χ3n) is 2.36. The van der Waals surface area contributed by atoms with E-state index in [1.165, 1.54) is 12.1 Å². The molecule has 1 N–H and O–H groups in total. The molecule has 0 saturated carbocycles. The van der Waals surface area contributed by atoms with Crippen LogP contribution in [-0.4, -0.2) is 44.6 Å². The minimum atomic E-state index is -1.17. The number of carboxylic acid groups (broad SMARTS) is 1. The number of hydrogen-bond donors (Lipinski definition) is 1. The average molecular weight is 272 g/mol. The molecule has 1 aromatic carbocycles. The summed E-state index contributed by atoms with van der Waals surface area (Å²) in [7, 11) is 1.59. The molecule has 0 aliphatic rings. The third kappa shape index (κ3) is 5.78. The summed E-state index contributed by atoms with van der Waals surface area (Å²) in [6.07, 6.45) is 0. The summed E-state index contributed by atoms with van der Waals surface area (Å²) in [4.78, 5) is 10.9. The van der Waals surface area contributed by atoms with Crippen LogP contribution in [0.3, 0.4) is 0 Å². The van der Waals surface area contributed by atoms with E-state index < -0.39 is 11.8 Å². The van der Waals surface area contributed by atoms with Crippen LogP contribution in [0.25, 0.3) is 0 Å².